The number of aliphatic hydroxyl groups excluding tert-OH is 1. The van der Waals surface area contributed by atoms with Crippen LogP contribution in [-0.2, 0) is 4.74 Å². The maximum absolute atomic E-state index is 9.52. The zero-order valence-electron chi connectivity index (χ0n) is 12.0. The Morgan fingerprint density at radius 3 is 2.74 bits per heavy atom. The van der Waals surface area contributed by atoms with E-state index in [1.165, 1.54) is 0 Å². The van der Waals surface area contributed by atoms with Crippen molar-refractivity contribution >= 4 is 5.69 Å². The number of aliphatic hydroxyl groups is 1. The molecule has 0 bridgehead atoms. The van der Waals surface area contributed by atoms with Crippen LogP contribution in [0.25, 0.3) is 0 Å². The third kappa shape index (κ3) is 3.25. The van der Waals surface area contributed by atoms with Gasteiger partial charge < -0.3 is 14.7 Å². The standard InChI is InChI=1S/C15H24N2O2/c1-11(2)15-7-5-12(8-16-15)17-9-14(19-3)6-4-13(17)10-18/h5,7-8,11,13-14,18H,4,6,9-10H2,1-3H3/t13-,14-/m1/s1. The van der Waals surface area contributed by atoms with Gasteiger partial charge in [0.1, 0.15) is 0 Å². The van der Waals surface area contributed by atoms with E-state index in [0.717, 1.165) is 30.8 Å². The van der Waals surface area contributed by atoms with E-state index >= 15 is 0 Å². The number of aromatic nitrogens is 1. The quantitative estimate of drug-likeness (QED) is 0.905. The third-order valence-electron chi connectivity index (χ3n) is 3.90. The highest BCUT2D eigenvalue weighted by Gasteiger charge is 2.28. The molecule has 1 aliphatic rings. The molecule has 0 radical (unpaired) electrons. The molecule has 1 aliphatic heterocycles. The lowest BCUT2D eigenvalue weighted by molar-refractivity contribution is 0.0744. The highest BCUT2D eigenvalue weighted by molar-refractivity contribution is 5.46. The summed E-state index contributed by atoms with van der Waals surface area (Å²) in [5.74, 6) is 0.441. The van der Waals surface area contributed by atoms with E-state index in [9.17, 15) is 5.11 Å². The van der Waals surface area contributed by atoms with Crippen molar-refractivity contribution in [1.82, 2.24) is 4.98 Å². The summed E-state index contributed by atoms with van der Waals surface area (Å²) in [6.07, 6.45) is 4.12. The second kappa shape index (κ2) is 6.35. The van der Waals surface area contributed by atoms with Crippen LogP contribution in [0.4, 0.5) is 5.69 Å². The molecule has 2 atom stereocenters. The number of nitrogens with zero attached hydrogens (tertiary/aromatic N) is 2. The number of pyridine rings is 1. The highest BCUT2D eigenvalue weighted by Crippen LogP contribution is 2.26. The molecule has 1 aromatic rings. The number of hydrogen-bond donors (Lipinski definition) is 1. The van der Waals surface area contributed by atoms with Crippen molar-refractivity contribution < 1.29 is 9.84 Å². The van der Waals surface area contributed by atoms with Crippen molar-refractivity contribution in [2.24, 2.45) is 0 Å². The summed E-state index contributed by atoms with van der Waals surface area (Å²) in [6, 6.07) is 4.35. The predicted octanol–water partition coefficient (Wildman–Crippen LogP) is 2.18. The maximum atomic E-state index is 9.52. The van der Waals surface area contributed by atoms with Crippen molar-refractivity contribution in [2.75, 3.05) is 25.2 Å². The van der Waals surface area contributed by atoms with Gasteiger partial charge >= 0.3 is 0 Å². The zero-order chi connectivity index (χ0) is 13.8. The molecule has 1 N–H and O–H groups in total. The van der Waals surface area contributed by atoms with E-state index < -0.39 is 0 Å². The van der Waals surface area contributed by atoms with Gasteiger partial charge in [0.2, 0.25) is 0 Å². The number of piperidine rings is 1. The van der Waals surface area contributed by atoms with Crippen LogP contribution in [0, 0.1) is 0 Å². The Hall–Kier alpha value is -1.13. The molecule has 2 rings (SSSR count). The van der Waals surface area contributed by atoms with E-state index in [4.69, 9.17) is 4.74 Å². The summed E-state index contributed by atoms with van der Waals surface area (Å²) in [6.45, 7) is 5.29. The Labute approximate surface area is 115 Å². The van der Waals surface area contributed by atoms with Crippen LogP contribution < -0.4 is 4.90 Å². The average molecular weight is 264 g/mol. The minimum atomic E-state index is 0.179. The summed E-state index contributed by atoms with van der Waals surface area (Å²) in [7, 11) is 1.75. The number of hydrogen-bond acceptors (Lipinski definition) is 4. The van der Waals surface area contributed by atoms with E-state index in [2.05, 4.69) is 35.9 Å². The second-order valence-corrected chi connectivity index (χ2v) is 5.52. The third-order valence-corrected chi connectivity index (χ3v) is 3.90. The van der Waals surface area contributed by atoms with Crippen molar-refractivity contribution in [3.8, 4) is 0 Å². The van der Waals surface area contributed by atoms with Gasteiger partial charge in [-0.15, -0.1) is 0 Å². The van der Waals surface area contributed by atoms with Gasteiger partial charge in [-0.2, -0.15) is 0 Å². The first-order chi connectivity index (χ1) is 9.15. The first-order valence-corrected chi connectivity index (χ1v) is 7.02. The van der Waals surface area contributed by atoms with Crippen LogP contribution in [0.5, 0.6) is 0 Å². The Balaban J connectivity index is 2.16. The van der Waals surface area contributed by atoms with Gasteiger partial charge in [0.15, 0.2) is 0 Å². The lowest BCUT2D eigenvalue weighted by Gasteiger charge is -2.39. The van der Waals surface area contributed by atoms with Gasteiger partial charge in [-0.05, 0) is 30.9 Å². The highest BCUT2D eigenvalue weighted by atomic mass is 16.5. The van der Waals surface area contributed by atoms with E-state index in [0.29, 0.717) is 5.92 Å². The summed E-state index contributed by atoms with van der Waals surface area (Å²) in [4.78, 5) is 6.73. The van der Waals surface area contributed by atoms with Crippen molar-refractivity contribution in [3.63, 3.8) is 0 Å². The molecule has 4 heteroatoms. The topological polar surface area (TPSA) is 45.6 Å². The molecular weight excluding hydrogens is 240 g/mol. The first-order valence-electron chi connectivity index (χ1n) is 7.02. The fourth-order valence-electron chi connectivity index (χ4n) is 2.60. The number of methoxy groups -OCH3 is 1. The largest absolute Gasteiger partial charge is 0.394 e. The normalized spacial score (nSPS) is 23.9. The van der Waals surface area contributed by atoms with Gasteiger partial charge in [0.05, 0.1) is 30.6 Å². The molecule has 106 valence electrons. The Kier molecular flexibility index (Phi) is 4.77. The maximum Gasteiger partial charge on any atom is 0.0747 e. The Morgan fingerprint density at radius 1 is 1.42 bits per heavy atom. The Bertz CT molecular complexity index is 392. The lowest BCUT2D eigenvalue weighted by atomic mass is 9.99. The van der Waals surface area contributed by atoms with Gasteiger partial charge in [-0.1, -0.05) is 13.8 Å². The van der Waals surface area contributed by atoms with E-state index in [-0.39, 0.29) is 18.8 Å². The summed E-state index contributed by atoms with van der Waals surface area (Å²) in [5, 5.41) is 9.52. The van der Waals surface area contributed by atoms with Crippen LogP contribution in [0.3, 0.4) is 0 Å². The fraction of sp³-hybridized carbons (Fsp3) is 0.667. The molecule has 0 saturated carbocycles. The van der Waals surface area contributed by atoms with Crippen LogP contribution in [0.2, 0.25) is 0 Å². The van der Waals surface area contributed by atoms with Crippen LogP contribution in [-0.4, -0.2) is 42.5 Å². The first kappa shape index (κ1) is 14.3. The number of rotatable bonds is 4. The molecular formula is C15H24N2O2. The minimum Gasteiger partial charge on any atom is -0.394 e. The van der Waals surface area contributed by atoms with Gasteiger partial charge in [0.25, 0.3) is 0 Å². The smallest absolute Gasteiger partial charge is 0.0747 e. The average Bonchev–Trinajstić information content (AvgIpc) is 2.46. The summed E-state index contributed by atoms with van der Waals surface area (Å²) in [5.41, 5.74) is 2.18. The Morgan fingerprint density at radius 2 is 2.21 bits per heavy atom. The summed E-state index contributed by atoms with van der Waals surface area (Å²) >= 11 is 0. The molecule has 2 heterocycles. The molecule has 1 aromatic heterocycles. The van der Waals surface area contributed by atoms with Crippen molar-refractivity contribution in [3.05, 3.63) is 24.0 Å². The monoisotopic (exact) mass is 264 g/mol. The van der Waals surface area contributed by atoms with E-state index in [1.807, 2.05) is 6.20 Å². The second-order valence-electron chi connectivity index (χ2n) is 5.52. The molecule has 1 fully saturated rings. The lowest BCUT2D eigenvalue weighted by Crippen LogP contribution is -2.48. The van der Waals surface area contributed by atoms with Crippen molar-refractivity contribution in [2.45, 2.75) is 44.8 Å². The molecule has 0 aliphatic carbocycles. The minimum absolute atomic E-state index is 0.179. The van der Waals surface area contributed by atoms with Crippen LogP contribution in [0.1, 0.15) is 38.3 Å². The molecule has 0 amide bonds. The number of ether oxygens (including phenoxy) is 1. The molecule has 1 saturated heterocycles. The van der Waals surface area contributed by atoms with Gasteiger partial charge in [0, 0.05) is 19.3 Å². The fourth-order valence-corrected chi connectivity index (χ4v) is 2.60. The van der Waals surface area contributed by atoms with Crippen LogP contribution >= 0.6 is 0 Å². The molecule has 0 spiro atoms. The summed E-state index contributed by atoms with van der Waals surface area (Å²) < 4.78 is 5.45. The SMILES string of the molecule is CO[C@@H]1CC[C@H](CO)N(c2ccc(C(C)C)nc2)C1. The van der Waals surface area contributed by atoms with E-state index in [1.54, 1.807) is 7.11 Å². The predicted molar refractivity (Wildman–Crippen MR) is 76.6 cm³/mol. The molecule has 0 aromatic carbocycles. The van der Waals surface area contributed by atoms with Gasteiger partial charge in [-0.25, -0.2) is 0 Å². The number of anilines is 1. The van der Waals surface area contributed by atoms with Crippen LogP contribution in [0.15, 0.2) is 18.3 Å². The zero-order valence-corrected chi connectivity index (χ0v) is 12.0. The molecule has 19 heavy (non-hydrogen) atoms. The molecule has 0 unspecified atom stereocenters. The van der Waals surface area contributed by atoms with Crippen molar-refractivity contribution in [1.29, 1.82) is 0 Å². The molecule has 4 nitrogen and oxygen atoms in total. The van der Waals surface area contributed by atoms with Gasteiger partial charge in [-0.3, -0.25) is 4.98 Å².